The van der Waals surface area contributed by atoms with Gasteiger partial charge in [-0.3, -0.25) is 9.69 Å². The molecule has 0 bridgehead atoms. The van der Waals surface area contributed by atoms with Crippen molar-refractivity contribution in [3.63, 3.8) is 0 Å². The number of halogens is 5. The van der Waals surface area contributed by atoms with Gasteiger partial charge in [0.2, 0.25) is 0 Å². The fraction of sp³-hybridized carbons (Fsp3) is 0.409. The van der Waals surface area contributed by atoms with Gasteiger partial charge in [0.15, 0.2) is 6.61 Å². The number of benzene rings is 2. The largest absolute Gasteiger partial charge is 0.482 e. The minimum absolute atomic E-state index is 0. The maximum atomic E-state index is 13.8. The van der Waals surface area contributed by atoms with Crippen LogP contribution < -0.4 is 15.2 Å². The van der Waals surface area contributed by atoms with E-state index in [1.165, 1.54) is 16.8 Å². The fourth-order valence-electron chi connectivity index (χ4n) is 3.85. The van der Waals surface area contributed by atoms with Gasteiger partial charge in [0, 0.05) is 45.3 Å². The van der Waals surface area contributed by atoms with Gasteiger partial charge in [0.1, 0.15) is 17.1 Å². The Morgan fingerprint density at radius 1 is 1.00 bits per heavy atom. The molecule has 0 aliphatic carbocycles. The van der Waals surface area contributed by atoms with Crippen molar-refractivity contribution < 1.29 is 22.3 Å². The molecule has 34 heavy (non-hydrogen) atoms. The molecule has 0 unspecified atom stereocenters. The van der Waals surface area contributed by atoms with Crippen LogP contribution in [0.2, 0.25) is 0 Å². The molecule has 3 aromatic rings. The number of piperazine rings is 1. The van der Waals surface area contributed by atoms with Gasteiger partial charge in [-0.15, -0.1) is 17.5 Å². The third-order valence-electron chi connectivity index (χ3n) is 5.50. The van der Waals surface area contributed by atoms with Gasteiger partial charge in [0.25, 0.3) is 5.56 Å². The Bertz CT molecular complexity index is 1170. The van der Waals surface area contributed by atoms with Gasteiger partial charge < -0.3 is 9.64 Å². The molecule has 1 fully saturated rings. The third-order valence-corrected chi connectivity index (χ3v) is 5.50. The Labute approximate surface area is 199 Å². The second kappa shape index (κ2) is 11.0. The summed E-state index contributed by atoms with van der Waals surface area (Å²) < 4.78 is 57.6. The maximum Gasteiger partial charge on any atom is 0.422 e. The lowest BCUT2D eigenvalue weighted by atomic mass is 10.2. The van der Waals surface area contributed by atoms with Gasteiger partial charge in [0.05, 0.1) is 11.1 Å². The summed E-state index contributed by atoms with van der Waals surface area (Å²) in [5.74, 6) is -0.523. The molecule has 0 saturated carbocycles. The van der Waals surface area contributed by atoms with E-state index in [1.807, 2.05) is 4.90 Å². The van der Waals surface area contributed by atoms with E-state index in [0.29, 0.717) is 55.7 Å². The van der Waals surface area contributed by atoms with E-state index in [0.717, 1.165) is 12.6 Å². The number of fused-ring (bicyclic) bond motifs is 1. The number of aryl methyl sites for hydroxylation is 1. The quantitative estimate of drug-likeness (QED) is 0.462. The summed E-state index contributed by atoms with van der Waals surface area (Å²) in [7, 11) is 0. The zero-order chi connectivity index (χ0) is 23.4. The SMILES string of the molecule is Cl.O=c1c2ccccc2nnn1CCCN1CCN(c2cc(F)ccc2OCC(F)(F)F)CC1. The Balaban J connectivity index is 0.00000324. The Morgan fingerprint density at radius 2 is 1.74 bits per heavy atom. The average Bonchev–Trinajstić information content (AvgIpc) is 2.80. The molecule has 0 spiro atoms. The summed E-state index contributed by atoms with van der Waals surface area (Å²) in [6.07, 6.45) is -3.78. The average molecular weight is 502 g/mol. The lowest BCUT2D eigenvalue weighted by Crippen LogP contribution is -2.47. The summed E-state index contributed by atoms with van der Waals surface area (Å²) in [6.45, 7) is 2.04. The molecular weight excluding hydrogens is 478 g/mol. The molecule has 0 atom stereocenters. The summed E-state index contributed by atoms with van der Waals surface area (Å²) in [5, 5.41) is 8.60. The number of anilines is 1. The van der Waals surface area contributed by atoms with Crippen molar-refractivity contribution in [3.8, 4) is 5.75 Å². The molecule has 7 nitrogen and oxygen atoms in total. The van der Waals surface area contributed by atoms with E-state index in [9.17, 15) is 22.4 Å². The van der Waals surface area contributed by atoms with E-state index < -0.39 is 18.6 Å². The topological polar surface area (TPSA) is 63.5 Å². The van der Waals surface area contributed by atoms with Crippen molar-refractivity contribution in [2.75, 3.05) is 44.2 Å². The standard InChI is InChI=1S/C22H23F4N5O2.ClH/c23-16-6-7-20(33-15-22(24,25)26)19(14-16)30-12-10-29(11-13-30)8-3-9-31-21(32)17-4-1-2-5-18(17)27-28-31;/h1-2,4-7,14H,3,8-13,15H2;1H. The first-order valence-electron chi connectivity index (χ1n) is 10.6. The van der Waals surface area contributed by atoms with E-state index in [4.69, 9.17) is 4.74 Å². The molecule has 1 aliphatic heterocycles. The van der Waals surface area contributed by atoms with Gasteiger partial charge in [-0.1, -0.05) is 17.3 Å². The number of alkyl halides is 3. The fourth-order valence-corrected chi connectivity index (χ4v) is 3.85. The molecule has 184 valence electrons. The lowest BCUT2D eigenvalue weighted by molar-refractivity contribution is -0.153. The van der Waals surface area contributed by atoms with Crippen LogP contribution in [0.3, 0.4) is 0 Å². The molecule has 4 rings (SSSR count). The minimum atomic E-state index is -4.47. The van der Waals surface area contributed by atoms with Crippen LogP contribution in [0.5, 0.6) is 5.75 Å². The van der Waals surface area contributed by atoms with Gasteiger partial charge >= 0.3 is 6.18 Å². The van der Waals surface area contributed by atoms with E-state index in [2.05, 4.69) is 15.2 Å². The highest BCUT2D eigenvalue weighted by Gasteiger charge is 2.29. The summed E-state index contributed by atoms with van der Waals surface area (Å²) in [4.78, 5) is 16.5. The third kappa shape index (κ3) is 6.35. The molecule has 2 aromatic carbocycles. The maximum absolute atomic E-state index is 13.8. The molecule has 0 radical (unpaired) electrons. The smallest absolute Gasteiger partial charge is 0.422 e. The Hall–Kier alpha value is -2.92. The van der Waals surface area contributed by atoms with E-state index in [1.54, 1.807) is 24.3 Å². The first-order valence-corrected chi connectivity index (χ1v) is 10.6. The molecule has 2 heterocycles. The first kappa shape index (κ1) is 25.7. The highest BCUT2D eigenvalue weighted by Crippen LogP contribution is 2.31. The molecule has 0 N–H and O–H groups in total. The highest BCUT2D eigenvalue weighted by molar-refractivity contribution is 5.85. The van der Waals surface area contributed by atoms with Crippen LogP contribution in [0, 0.1) is 5.82 Å². The molecule has 0 amide bonds. The normalized spacial score (nSPS) is 14.8. The van der Waals surface area contributed by atoms with Crippen molar-refractivity contribution in [1.82, 2.24) is 19.9 Å². The van der Waals surface area contributed by atoms with Crippen LogP contribution >= 0.6 is 12.4 Å². The van der Waals surface area contributed by atoms with Crippen LogP contribution in [0.15, 0.2) is 47.3 Å². The predicted octanol–water partition coefficient (Wildman–Crippen LogP) is 3.51. The second-order valence-electron chi connectivity index (χ2n) is 7.83. The summed E-state index contributed by atoms with van der Waals surface area (Å²) in [5.41, 5.74) is 0.700. The zero-order valence-corrected chi connectivity index (χ0v) is 19.0. The molecule has 1 aliphatic rings. The monoisotopic (exact) mass is 501 g/mol. The molecular formula is C22H24ClF4N5O2. The van der Waals surface area contributed by atoms with Crippen molar-refractivity contribution in [2.45, 2.75) is 19.1 Å². The molecule has 1 saturated heterocycles. The highest BCUT2D eigenvalue weighted by atomic mass is 35.5. The number of aromatic nitrogens is 3. The zero-order valence-electron chi connectivity index (χ0n) is 18.2. The number of hydrogen-bond acceptors (Lipinski definition) is 6. The van der Waals surface area contributed by atoms with Crippen molar-refractivity contribution in [2.24, 2.45) is 0 Å². The van der Waals surface area contributed by atoms with Gasteiger partial charge in [-0.05, 0) is 30.7 Å². The van der Waals surface area contributed by atoms with Crippen LogP contribution in [0.4, 0.5) is 23.2 Å². The number of hydrogen-bond donors (Lipinski definition) is 0. The van der Waals surface area contributed by atoms with Crippen molar-refractivity contribution in [1.29, 1.82) is 0 Å². The predicted molar refractivity (Wildman–Crippen MR) is 122 cm³/mol. The number of ether oxygens (including phenoxy) is 1. The van der Waals surface area contributed by atoms with Crippen LogP contribution in [-0.4, -0.2) is 65.4 Å². The Kier molecular flexibility index (Phi) is 8.32. The van der Waals surface area contributed by atoms with Gasteiger partial charge in [-0.25, -0.2) is 9.07 Å². The van der Waals surface area contributed by atoms with E-state index in [-0.39, 0.29) is 23.7 Å². The number of rotatable bonds is 7. The minimum Gasteiger partial charge on any atom is -0.482 e. The second-order valence-corrected chi connectivity index (χ2v) is 7.83. The van der Waals surface area contributed by atoms with Crippen LogP contribution in [-0.2, 0) is 6.54 Å². The first-order chi connectivity index (χ1) is 15.8. The number of nitrogens with zero attached hydrogens (tertiary/aromatic N) is 5. The summed E-state index contributed by atoms with van der Waals surface area (Å²) in [6, 6.07) is 10.6. The van der Waals surface area contributed by atoms with Crippen molar-refractivity contribution in [3.05, 3.63) is 58.6 Å². The van der Waals surface area contributed by atoms with Crippen molar-refractivity contribution >= 4 is 29.0 Å². The van der Waals surface area contributed by atoms with E-state index >= 15 is 0 Å². The van der Waals surface area contributed by atoms with Crippen LogP contribution in [0.1, 0.15) is 6.42 Å². The summed E-state index contributed by atoms with van der Waals surface area (Å²) >= 11 is 0. The van der Waals surface area contributed by atoms with Gasteiger partial charge in [-0.2, -0.15) is 13.2 Å². The van der Waals surface area contributed by atoms with Crippen LogP contribution in [0.25, 0.3) is 10.9 Å². The lowest BCUT2D eigenvalue weighted by Gasteiger charge is -2.36. The molecule has 1 aromatic heterocycles. The molecule has 12 heteroatoms. The Morgan fingerprint density at radius 3 is 2.47 bits per heavy atom.